The molecule has 0 aliphatic rings. The Hall–Kier alpha value is -0.630. The van der Waals surface area contributed by atoms with Crippen LogP contribution in [0.5, 0.6) is 0 Å². The first-order valence-electron chi connectivity index (χ1n) is 4.49. The minimum Gasteiger partial charge on any atom is -0.380 e. The molecule has 0 saturated carbocycles. The van der Waals surface area contributed by atoms with E-state index < -0.39 is 0 Å². The van der Waals surface area contributed by atoms with Gasteiger partial charge in [0.05, 0.1) is 5.88 Å². The van der Waals surface area contributed by atoms with Crippen molar-refractivity contribution < 1.29 is 0 Å². The highest BCUT2D eigenvalue weighted by Gasteiger charge is 1.98. The summed E-state index contributed by atoms with van der Waals surface area (Å²) >= 11 is 4.12. The van der Waals surface area contributed by atoms with Crippen molar-refractivity contribution in [2.45, 2.75) is 27.7 Å². The van der Waals surface area contributed by atoms with E-state index in [1.807, 2.05) is 19.9 Å². The smallest absolute Gasteiger partial charge is 0.0578 e. The minimum atomic E-state index is 0.677. The predicted octanol–water partition coefficient (Wildman–Crippen LogP) is 3.28. The van der Waals surface area contributed by atoms with Gasteiger partial charge in [-0.05, 0) is 38.8 Å². The fourth-order valence-electron chi connectivity index (χ4n) is 1.08. The summed E-state index contributed by atoms with van der Waals surface area (Å²) in [5.74, 6) is 0.677. The van der Waals surface area contributed by atoms with E-state index >= 15 is 0 Å². The van der Waals surface area contributed by atoms with Crippen molar-refractivity contribution >= 4 is 12.6 Å². The van der Waals surface area contributed by atoms with Crippen molar-refractivity contribution in [2.75, 3.05) is 5.88 Å². The van der Waals surface area contributed by atoms with Crippen molar-refractivity contribution in [1.29, 1.82) is 0 Å². The summed E-state index contributed by atoms with van der Waals surface area (Å²) in [7, 11) is 0. The fourth-order valence-corrected chi connectivity index (χ4v) is 1.32. The Balaban J connectivity index is 4.71. The zero-order valence-corrected chi connectivity index (χ0v) is 9.78. The molecule has 0 spiro atoms. The summed E-state index contributed by atoms with van der Waals surface area (Å²) in [4.78, 5) is 0. The van der Waals surface area contributed by atoms with Crippen LogP contribution in [0.1, 0.15) is 27.7 Å². The Morgan fingerprint density at radius 2 is 1.92 bits per heavy atom. The van der Waals surface area contributed by atoms with Crippen LogP contribution in [0.4, 0.5) is 0 Å². The van der Waals surface area contributed by atoms with E-state index in [4.69, 9.17) is 0 Å². The average Bonchev–Trinajstić information content (AvgIpc) is 2.13. The monoisotopic (exact) mass is 197 g/mol. The van der Waals surface area contributed by atoms with Gasteiger partial charge in [0.2, 0.25) is 0 Å². The maximum Gasteiger partial charge on any atom is 0.0578 e. The van der Waals surface area contributed by atoms with Gasteiger partial charge in [-0.15, -0.1) is 0 Å². The maximum absolute atomic E-state index is 4.12. The van der Waals surface area contributed by atoms with Gasteiger partial charge in [-0.2, -0.15) is 12.6 Å². The molecule has 0 amide bonds. The van der Waals surface area contributed by atoms with Gasteiger partial charge < -0.3 is 5.32 Å². The first kappa shape index (κ1) is 12.4. The number of hydrogen-bond acceptors (Lipinski definition) is 2. The molecular weight excluding hydrogens is 178 g/mol. The molecule has 1 N–H and O–H groups in total. The Kier molecular flexibility index (Phi) is 6.51. The second-order valence-electron chi connectivity index (χ2n) is 2.83. The van der Waals surface area contributed by atoms with Crippen molar-refractivity contribution in [2.24, 2.45) is 0 Å². The molecule has 0 fully saturated rings. The third-order valence-corrected chi connectivity index (χ3v) is 2.16. The van der Waals surface area contributed by atoms with Crippen LogP contribution in [0, 0.1) is 0 Å². The normalized spacial score (nSPS) is 14.7. The van der Waals surface area contributed by atoms with Gasteiger partial charge in [-0.25, -0.2) is 0 Å². The number of hydrogen-bond donors (Lipinski definition) is 2. The van der Waals surface area contributed by atoms with Crippen LogP contribution in [0.3, 0.4) is 0 Å². The minimum absolute atomic E-state index is 0.677. The molecule has 1 nitrogen and oxygen atoms in total. The molecule has 0 saturated heterocycles. The third-order valence-electron chi connectivity index (χ3n) is 2.00. The summed E-state index contributed by atoms with van der Waals surface area (Å²) in [6.45, 7) is 8.25. The lowest BCUT2D eigenvalue weighted by atomic mass is 10.1. The van der Waals surface area contributed by atoms with E-state index in [0.717, 1.165) is 0 Å². The molecule has 0 aromatic carbocycles. The van der Waals surface area contributed by atoms with Crippen LogP contribution >= 0.6 is 12.6 Å². The van der Waals surface area contributed by atoms with E-state index in [9.17, 15) is 0 Å². The highest BCUT2D eigenvalue weighted by atomic mass is 32.1. The number of allylic oxidation sites excluding steroid dienone is 6. The standard InChI is InChI=1S/C11H19NS/c1-5-7-11(6-2)9(3)10(4)12-8-13/h5-7,12-13H,8H2,1-4H3/b7-5-,10-9+,11-6+. The lowest BCUT2D eigenvalue weighted by Gasteiger charge is -2.09. The van der Waals surface area contributed by atoms with Crippen molar-refractivity contribution in [1.82, 2.24) is 5.32 Å². The summed E-state index contributed by atoms with van der Waals surface area (Å²) in [5.41, 5.74) is 3.71. The first-order chi connectivity index (χ1) is 6.17. The molecule has 13 heavy (non-hydrogen) atoms. The highest BCUT2D eigenvalue weighted by Crippen LogP contribution is 2.13. The van der Waals surface area contributed by atoms with Crippen LogP contribution in [0.2, 0.25) is 0 Å². The fraction of sp³-hybridized carbons (Fsp3) is 0.455. The molecule has 2 heteroatoms. The summed E-state index contributed by atoms with van der Waals surface area (Å²) < 4.78 is 0. The molecule has 0 atom stereocenters. The quantitative estimate of drug-likeness (QED) is 0.400. The van der Waals surface area contributed by atoms with Gasteiger partial charge in [-0.1, -0.05) is 18.2 Å². The molecule has 0 rings (SSSR count). The summed E-state index contributed by atoms with van der Waals surface area (Å²) in [6, 6.07) is 0. The second-order valence-corrected chi connectivity index (χ2v) is 3.15. The molecule has 0 aromatic rings. The second kappa shape index (κ2) is 6.84. The van der Waals surface area contributed by atoms with E-state index in [-0.39, 0.29) is 0 Å². The van der Waals surface area contributed by atoms with Crippen LogP contribution in [-0.2, 0) is 0 Å². The van der Waals surface area contributed by atoms with Crippen LogP contribution in [-0.4, -0.2) is 5.88 Å². The molecule has 0 aliphatic carbocycles. The van der Waals surface area contributed by atoms with Crippen molar-refractivity contribution in [3.8, 4) is 0 Å². The van der Waals surface area contributed by atoms with Crippen LogP contribution in [0.15, 0.2) is 35.1 Å². The molecule has 74 valence electrons. The Morgan fingerprint density at radius 1 is 1.31 bits per heavy atom. The third kappa shape index (κ3) is 4.23. The van der Waals surface area contributed by atoms with Gasteiger partial charge >= 0.3 is 0 Å². The summed E-state index contributed by atoms with van der Waals surface area (Å²) in [5, 5.41) is 3.19. The van der Waals surface area contributed by atoms with E-state index in [2.05, 4.69) is 43.9 Å². The van der Waals surface area contributed by atoms with E-state index in [1.54, 1.807) is 0 Å². The zero-order chi connectivity index (χ0) is 10.3. The lowest BCUT2D eigenvalue weighted by Crippen LogP contribution is -2.10. The molecule has 0 aliphatic heterocycles. The first-order valence-corrected chi connectivity index (χ1v) is 5.12. The Labute approximate surface area is 87.0 Å². The SMILES string of the molecule is C\C=C/C(=C\C)C(/C)=C(\C)NCS. The van der Waals surface area contributed by atoms with Crippen molar-refractivity contribution in [3.05, 3.63) is 35.1 Å². The Bertz CT molecular complexity index is 236. The number of thiol groups is 1. The van der Waals surface area contributed by atoms with Gasteiger partial charge in [-0.3, -0.25) is 0 Å². The van der Waals surface area contributed by atoms with E-state index in [1.165, 1.54) is 16.8 Å². The number of rotatable bonds is 4. The molecule has 0 heterocycles. The summed E-state index contributed by atoms with van der Waals surface area (Å²) in [6.07, 6.45) is 6.27. The maximum atomic E-state index is 4.12. The van der Waals surface area contributed by atoms with Crippen molar-refractivity contribution in [3.63, 3.8) is 0 Å². The molecule has 0 aromatic heterocycles. The van der Waals surface area contributed by atoms with Gasteiger partial charge in [0, 0.05) is 5.70 Å². The molecule has 0 radical (unpaired) electrons. The molecule has 0 unspecified atom stereocenters. The van der Waals surface area contributed by atoms with Gasteiger partial charge in [0.15, 0.2) is 0 Å². The topological polar surface area (TPSA) is 12.0 Å². The average molecular weight is 197 g/mol. The van der Waals surface area contributed by atoms with E-state index in [0.29, 0.717) is 5.88 Å². The van der Waals surface area contributed by atoms with Crippen LogP contribution < -0.4 is 5.32 Å². The van der Waals surface area contributed by atoms with Gasteiger partial charge in [0.1, 0.15) is 0 Å². The molecule has 0 bridgehead atoms. The zero-order valence-electron chi connectivity index (χ0n) is 8.89. The van der Waals surface area contributed by atoms with Gasteiger partial charge in [0.25, 0.3) is 0 Å². The largest absolute Gasteiger partial charge is 0.380 e. The molecular formula is C11H19NS. The highest BCUT2D eigenvalue weighted by molar-refractivity contribution is 7.80. The van der Waals surface area contributed by atoms with Crippen LogP contribution in [0.25, 0.3) is 0 Å². The predicted molar refractivity (Wildman–Crippen MR) is 63.9 cm³/mol. The Morgan fingerprint density at radius 3 is 2.31 bits per heavy atom. The number of nitrogens with one attached hydrogen (secondary N) is 1. The lowest BCUT2D eigenvalue weighted by molar-refractivity contribution is 0.940.